The average Bonchev–Trinajstić information content (AvgIpc) is 2.57. The molecule has 1 aliphatic heterocycles. The van der Waals surface area contributed by atoms with Crippen LogP contribution in [0.2, 0.25) is 0 Å². The van der Waals surface area contributed by atoms with Crippen LogP contribution < -0.4 is 4.74 Å². The van der Waals surface area contributed by atoms with Gasteiger partial charge in [-0.25, -0.2) is 0 Å². The lowest BCUT2D eigenvalue weighted by Gasteiger charge is -2.14. The molecule has 5 heteroatoms. The van der Waals surface area contributed by atoms with Crippen LogP contribution in [0.15, 0.2) is 34.3 Å². The van der Waals surface area contributed by atoms with Gasteiger partial charge in [0.2, 0.25) is 0 Å². The van der Waals surface area contributed by atoms with Crippen LogP contribution in [0.25, 0.3) is 0 Å². The second kappa shape index (κ2) is 4.94. The largest absolute Gasteiger partial charge is 0.497 e. The number of halogens is 1. The fraction of sp³-hybridized carbons (Fsp3) is 0.231. The number of imide groups is 1. The standard InChI is InChI=1S/C13H12BrNO3/c1-8-11(14)13(17)15(12(8)16)7-9-3-5-10(18-2)6-4-9/h3-6H,7H2,1-2H3. The normalized spacial score (nSPS) is 15.6. The lowest BCUT2D eigenvalue weighted by molar-refractivity contribution is -0.137. The monoisotopic (exact) mass is 309 g/mol. The highest BCUT2D eigenvalue weighted by molar-refractivity contribution is 9.12. The van der Waals surface area contributed by atoms with Crippen molar-refractivity contribution < 1.29 is 14.3 Å². The Morgan fingerprint density at radius 2 is 1.78 bits per heavy atom. The molecule has 0 spiro atoms. The Balaban J connectivity index is 2.16. The van der Waals surface area contributed by atoms with E-state index >= 15 is 0 Å². The third-order valence-corrected chi connectivity index (χ3v) is 3.76. The van der Waals surface area contributed by atoms with Crippen LogP contribution >= 0.6 is 15.9 Å². The fourth-order valence-electron chi connectivity index (χ4n) is 1.72. The van der Waals surface area contributed by atoms with Crippen LogP contribution in [0, 0.1) is 0 Å². The molecule has 2 rings (SSSR count). The van der Waals surface area contributed by atoms with E-state index in [0.29, 0.717) is 10.1 Å². The first-order chi connectivity index (χ1) is 8.54. The maximum Gasteiger partial charge on any atom is 0.268 e. The summed E-state index contributed by atoms with van der Waals surface area (Å²) in [6, 6.07) is 7.27. The lowest BCUT2D eigenvalue weighted by Crippen LogP contribution is -2.30. The maximum atomic E-state index is 11.8. The Bertz CT molecular complexity index is 510. The highest BCUT2D eigenvalue weighted by Crippen LogP contribution is 2.26. The second-order valence-corrected chi connectivity index (χ2v) is 4.78. The van der Waals surface area contributed by atoms with Crippen LogP contribution in [0.5, 0.6) is 5.75 Å². The predicted molar refractivity (Wildman–Crippen MR) is 70.2 cm³/mol. The van der Waals surface area contributed by atoms with E-state index in [0.717, 1.165) is 11.3 Å². The van der Waals surface area contributed by atoms with Crippen molar-refractivity contribution in [3.63, 3.8) is 0 Å². The highest BCUT2D eigenvalue weighted by Gasteiger charge is 2.34. The van der Waals surface area contributed by atoms with E-state index in [1.54, 1.807) is 26.2 Å². The quantitative estimate of drug-likeness (QED) is 0.804. The molecule has 0 N–H and O–H groups in total. The van der Waals surface area contributed by atoms with Gasteiger partial charge in [0.1, 0.15) is 5.75 Å². The topological polar surface area (TPSA) is 46.6 Å². The van der Waals surface area contributed by atoms with Crippen LogP contribution in [-0.4, -0.2) is 23.8 Å². The highest BCUT2D eigenvalue weighted by atomic mass is 79.9. The molecule has 0 unspecified atom stereocenters. The number of hydrogen-bond donors (Lipinski definition) is 0. The zero-order valence-corrected chi connectivity index (χ0v) is 11.7. The van der Waals surface area contributed by atoms with Gasteiger partial charge >= 0.3 is 0 Å². The summed E-state index contributed by atoms with van der Waals surface area (Å²) in [5, 5.41) is 0. The van der Waals surface area contributed by atoms with E-state index < -0.39 is 0 Å². The first kappa shape index (κ1) is 12.8. The molecule has 1 aromatic carbocycles. The second-order valence-electron chi connectivity index (χ2n) is 3.98. The van der Waals surface area contributed by atoms with Gasteiger partial charge in [0.05, 0.1) is 18.1 Å². The molecule has 0 aliphatic carbocycles. The predicted octanol–water partition coefficient (Wildman–Crippen LogP) is 2.23. The number of rotatable bonds is 3. The van der Waals surface area contributed by atoms with Crippen molar-refractivity contribution in [2.45, 2.75) is 13.5 Å². The number of carbonyl (C=O) groups excluding carboxylic acids is 2. The number of amides is 2. The summed E-state index contributed by atoms with van der Waals surface area (Å²) in [6.45, 7) is 1.91. The molecule has 0 fully saturated rings. The summed E-state index contributed by atoms with van der Waals surface area (Å²) >= 11 is 3.13. The van der Waals surface area contributed by atoms with Crippen molar-refractivity contribution in [2.75, 3.05) is 7.11 Å². The van der Waals surface area contributed by atoms with Gasteiger partial charge in [-0.05, 0) is 40.5 Å². The third-order valence-electron chi connectivity index (χ3n) is 2.83. The minimum atomic E-state index is -0.284. The molecule has 1 aliphatic rings. The average molecular weight is 310 g/mol. The number of hydrogen-bond acceptors (Lipinski definition) is 3. The van der Waals surface area contributed by atoms with E-state index in [4.69, 9.17) is 4.74 Å². The van der Waals surface area contributed by atoms with Gasteiger partial charge in [-0.2, -0.15) is 0 Å². The summed E-state index contributed by atoms with van der Waals surface area (Å²) in [4.78, 5) is 24.9. The number of benzene rings is 1. The molecule has 0 bridgehead atoms. The van der Waals surface area contributed by atoms with Crippen LogP contribution in [0.1, 0.15) is 12.5 Å². The fourth-order valence-corrected chi connectivity index (χ4v) is 2.11. The summed E-state index contributed by atoms with van der Waals surface area (Å²) in [5.74, 6) is 0.212. The van der Waals surface area contributed by atoms with E-state index in [1.807, 2.05) is 12.1 Å². The minimum Gasteiger partial charge on any atom is -0.497 e. The van der Waals surface area contributed by atoms with E-state index in [9.17, 15) is 9.59 Å². The van der Waals surface area contributed by atoms with Gasteiger partial charge in [-0.3, -0.25) is 14.5 Å². The molecule has 0 radical (unpaired) electrons. The van der Waals surface area contributed by atoms with Crippen LogP contribution in [-0.2, 0) is 16.1 Å². The van der Waals surface area contributed by atoms with E-state index in [-0.39, 0.29) is 18.4 Å². The number of methoxy groups -OCH3 is 1. The van der Waals surface area contributed by atoms with E-state index in [2.05, 4.69) is 15.9 Å². The van der Waals surface area contributed by atoms with Crippen molar-refractivity contribution >= 4 is 27.7 Å². The third kappa shape index (κ3) is 2.18. The molecular formula is C13H12BrNO3. The number of carbonyl (C=O) groups is 2. The van der Waals surface area contributed by atoms with Gasteiger partial charge in [-0.1, -0.05) is 12.1 Å². The molecule has 2 amide bonds. The molecular weight excluding hydrogens is 298 g/mol. The zero-order chi connectivity index (χ0) is 13.3. The molecule has 0 saturated heterocycles. The van der Waals surface area contributed by atoms with Crippen molar-refractivity contribution in [3.8, 4) is 5.75 Å². The van der Waals surface area contributed by atoms with Gasteiger partial charge in [0, 0.05) is 5.57 Å². The molecule has 0 saturated carbocycles. The van der Waals surface area contributed by atoms with Crippen molar-refractivity contribution in [1.29, 1.82) is 0 Å². The van der Waals surface area contributed by atoms with Gasteiger partial charge in [0.15, 0.2) is 0 Å². The molecule has 94 valence electrons. The van der Waals surface area contributed by atoms with Crippen molar-refractivity contribution in [1.82, 2.24) is 4.90 Å². The first-order valence-corrected chi connectivity index (χ1v) is 6.19. The van der Waals surface area contributed by atoms with Crippen molar-refractivity contribution in [2.24, 2.45) is 0 Å². The SMILES string of the molecule is COc1ccc(CN2C(=O)C(C)=C(Br)C2=O)cc1. The van der Waals surface area contributed by atoms with Crippen LogP contribution in [0.4, 0.5) is 0 Å². The van der Waals surface area contributed by atoms with Gasteiger partial charge in [-0.15, -0.1) is 0 Å². The molecule has 18 heavy (non-hydrogen) atoms. The summed E-state index contributed by atoms with van der Waals surface area (Å²) in [7, 11) is 1.59. The Kier molecular flexibility index (Phi) is 3.52. The number of ether oxygens (including phenoxy) is 1. The first-order valence-electron chi connectivity index (χ1n) is 5.40. The summed E-state index contributed by atoms with van der Waals surface area (Å²) in [5.41, 5.74) is 1.33. The van der Waals surface area contributed by atoms with E-state index in [1.165, 1.54) is 4.90 Å². The Morgan fingerprint density at radius 1 is 1.17 bits per heavy atom. The van der Waals surface area contributed by atoms with Crippen LogP contribution in [0.3, 0.4) is 0 Å². The Hall–Kier alpha value is -1.62. The smallest absolute Gasteiger partial charge is 0.268 e. The van der Waals surface area contributed by atoms with Gasteiger partial charge in [0.25, 0.3) is 11.8 Å². The molecule has 0 aromatic heterocycles. The molecule has 1 heterocycles. The summed E-state index contributed by atoms with van der Waals surface area (Å²) < 4.78 is 5.40. The van der Waals surface area contributed by atoms with Gasteiger partial charge < -0.3 is 4.74 Å². The number of nitrogens with zero attached hydrogens (tertiary/aromatic N) is 1. The minimum absolute atomic E-state index is 0.248. The van der Waals surface area contributed by atoms with Crippen molar-refractivity contribution in [3.05, 3.63) is 39.9 Å². The molecule has 4 nitrogen and oxygen atoms in total. The maximum absolute atomic E-state index is 11.8. The lowest BCUT2D eigenvalue weighted by atomic mass is 10.2. The summed E-state index contributed by atoms with van der Waals surface area (Å²) in [6.07, 6.45) is 0. The molecule has 1 aromatic rings. The molecule has 0 atom stereocenters. The Morgan fingerprint density at radius 3 is 2.22 bits per heavy atom. The zero-order valence-electron chi connectivity index (χ0n) is 10.1. The Labute approximate surface area is 113 Å².